The van der Waals surface area contributed by atoms with Crippen molar-refractivity contribution in [2.24, 2.45) is 5.92 Å². The van der Waals surface area contributed by atoms with Gasteiger partial charge in [-0.1, -0.05) is 0 Å². The predicted molar refractivity (Wildman–Crippen MR) is 103 cm³/mol. The van der Waals surface area contributed by atoms with Crippen LogP contribution in [-0.4, -0.2) is 36.2 Å². The van der Waals surface area contributed by atoms with Gasteiger partial charge in [-0.15, -0.1) is 0 Å². The molecular weight excluding hydrogens is 376 g/mol. The molecule has 1 saturated carbocycles. The average Bonchev–Trinajstić information content (AvgIpc) is 2.74. The van der Waals surface area contributed by atoms with Crippen molar-refractivity contribution in [3.05, 3.63) is 59.7 Å². The number of benzene rings is 2. The van der Waals surface area contributed by atoms with Gasteiger partial charge in [0, 0.05) is 0 Å². The number of carbonyl (C=O) groups is 3. The van der Waals surface area contributed by atoms with E-state index in [0.29, 0.717) is 48.3 Å². The second kappa shape index (κ2) is 9.23. The van der Waals surface area contributed by atoms with Gasteiger partial charge in [0.15, 0.2) is 0 Å². The van der Waals surface area contributed by atoms with E-state index >= 15 is 0 Å². The van der Waals surface area contributed by atoms with Gasteiger partial charge < -0.3 is 19.3 Å². The first-order valence-electron chi connectivity index (χ1n) is 9.36. The fraction of sp³-hybridized carbons (Fsp3) is 0.318. The van der Waals surface area contributed by atoms with Crippen LogP contribution in [-0.2, 0) is 9.53 Å². The third kappa shape index (κ3) is 5.34. The van der Waals surface area contributed by atoms with E-state index in [1.165, 1.54) is 24.3 Å². The molecule has 0 unspecified atom stereocenters. The van der Waals surface area contributed by atoms with Crippen LogP contribution in [0.2, 0.25) is 0 Å². The molecule has 1 fully saturated rings. The first-order chi connectivity index (χ1) is 14.0. The van der Waals surface area contributed by atoms with Crippen LogP contribution in [0, 0.1) is 5.92 Å². The lowest BCUT2D eigenvalue weighted by Crippen LogP contribution is -2.27. The molecule has 0 radical (unpaired) electrons. The molecule has 29 heavy (non-hydrogen) atoms. The largest absolute Gasteiger partial charge is 0.497 e. The highest BCUT2D eigenvalue weighted by atomic mass is 16.5. The summed E-state index contributed by atoms with van der Waals surface area (Å²) >= 11 is 0. The minimum atomic E-state index is -0.799. The van der Waals surface area contributed by atoms with E-state index < -0.39 is 17.9 Å². The summed E-state index contributed by atoms with van der Waals surface area (Å²) in [5, 5.41) is 9.02. The zero-order valence-electron chi connectivity index (χ0n) is 16.0. The lowest BCUT2D eigenvalue weighted by atomic mass is 9.87. The summed E-state index contributed by atoms with van der Waals surface area (Å²) in [6.07, 6.45) is 1.80. The summed E-state index contributed by atoms with van der Waals surface area (Å²) in [4.78, 5) is 35.5. The van der Waals surface area contributed by atoms with Gasteiger partial charge >= 0.3 is 17.9 Å². The maximum atomic E-state index is 12.3. The Hall–Kier alpha value is -3.35. The fourth-order valence-corrected chi connectivity index (χ4v) is 3.20. The predicted octanol–water partition coefficient (Wildman–Crippen LogP) is 3.71. The second-order valence-corrected chi connectivity index (χ2v) is 6.86. The Bertz CT molecular complexity index is 863. The van der Waals surface area contributed by atoms with E-state index in [1.54, 1.807) is 31.4 Å². The van der Waals surface area contributed by atoms with E-state index in [9.17, 15) is 14.4 Å². The quantitative estimate of drug-likeness (QED) is 0.585. The molecule has 0 bridgehead atoms. The summed E-state index contributed by atoms with van der Waals surface area (Å²) in [5.74, 6) is -1.14. The molecule has 0 aromatic heterocycles. The van der Waals surface area contributed by atoms with Gasteiger partial charge in [-0.25, -0.2) is 9.59 Å². The molecule has 1 aliphatic rings. The monoisotopic (exact) mass is 398 g/mol. The highest BCUT2D eigenvalue weighted by Crippen LogP contribution is 2.27. The van der Waals surface area contributed by atoms with Crippen molar-refractivity contribution < 1.29 is 33.7 Å². The highest BCUT2D eigenvalue weighted by molar-refractivity contribution is 5.94. The zero-order chi connectivity index (χ0) is 20.8. The van der Waals surface area contributed by atoms with Crippen LogP contribution < -0.4 is 9.47 Å². The first-order valence-corrected chi connectivity index (χ1v) is 9.36. The molecule has 0 amide bonds. The molecule has 7 nitrogen and oxygen atoms in total. The number of hydrogen-bond donors (Lipinski definition) is 1. The van der Waals surface area contributed by atoms with Gasteiger partial charge in [-0.3, -0.25) is 4.79 Å². The molecule has 1 aliphatic carbocycles. The van der Waals surface area contributed by atoms with Crippen LogP contribution >= 0.6 is 0 Å². The molecule has 0 atom stereocenters. The van der Waals surface area contributed by atoms with E-state index in [-0.39, 0.29) is 12.0 Å². The molecule has 152 valence electrons. The fourth-order valence-electron chi connectivity index (χ4n) is 3.20. The lowest BCUT2D eigenvalue weighted by Gasteiger charge is -2.25. The van der Waals surface area contributed by atoms with Crippen LogP contribution in [0.3, 0.4) is 0 Å². The molecule has 2 aromatic carbocycles. The van der Waals surface area contributed by atoms with Crippen molar-refractivity contribution in [1.82, 2.24) is 0 Å². The Kier molecular flexibility index (Phi) is 6.49. The SMILES string of the molecule is COc1ccc(OC(=O)c2ccc(C(=O)OC3CCC(C(=O)O)CC3)cc2)cc1. The first kappa shape index (κ1) is 20.4. The van der Waals surface area contributed by atoms with Gasteiger partial charge in [-0.05, 0) is 74.2 Å². The van der Waals surface area contributed by atoms with E-state index in [4.69, 9.17) is 19.3 Å². The lowest BCUT2D eigenvalue weighted by molar-refractivity contribution is -0.143. The molecule has 0 aliphatic heterocycles. The number of rotatable bonds is 6. The van der Waals surface area contributed by atoms with Crippen LogP contribution in [0.15, 0.2) is 48.5 Å². The summed E-state index contributed by atoms with van der Waals surface area (Å²) in [6, 6.07) is 12.7. The van der Waals surface area contributed by atoms with Gasteiger partial charge in [0.05, 0.1) is 24.2 Å². The van der Waals surface area contributed by atoms with Crippen LogP contribution in [0.1, 0.15) is 46.4 Å². The van der Waals surface area contributed by atoms with Crippen LogP contribution in [0.25, 0.3) is 0 Å². The van der Waals surface area contributed by atoms with E-state index in [2.05, 4.69) is 0 Å². The van der Waals surface area contributed by atoms with Crippen LogP contribution in [0.5, 0.6) is 11.5 Å². The van der Waals surface area contributed by atoms with Crippen molar-refractivity contribution >= 4 is 17.9 Å². The summed E-state index contributed by atoms with van der Waals surface area (Å²) in [5.41, 5.74) is 0.630. The standard InChI is InChI=1S/C22H22O7/c1-27-17-10-12-19(13-11-17)29-22(26)16-4-2-15(3-5-16)21(25)28-18-8-6-14(7-9-18)20(23)24/h2-5,10-14,18H,6-9H2,1H3,(H,23,24). The van der Waals surface area contributed by atoms with Crippen LogP contribution in [0.4, 0.5) is 0 Å². The summed E-state index contributed by atoms with van der Waals surface area (Å²) in [7, 11) is 1.55. The molecule has 0 saturated heterocycles. The number of hydrogen-bond acceptors (Lipinski definition) is 6. The minimum absolute atomic E-state index is 0.280. The Morgan fingerprint density at radius 3 is 1.83 bits per heavy atom. The van der Waals surface area contributed by atoms with Gasteiger partial charge in [-0.2, -0.15) is 0 Å². The Morgan fingerprint density at radius 1 is 0.793 bits per heavy atom. The molecule has 0 spiro atoms. The Morgan fingerprint density at radius 2 is 1.31 bits per heavy atom. The maximum absolute atomic E-state index is 12.3. The van der Waals surface area contributed by atoms with Crippen molar-refractivity contribution in [1.29, 1.82) is 0 Å². The minimum Gasteiger partial charge on any atom is -0.497 e. The Labute approximate surface area is 168 Å². The number of methoxy groups -OCH3 is 1. The van der Waals surface area contributed by atoms with Gasteiger partial charge in [0.1, 0.15) is 17.6 Å². The molecule has 7 heteroatoms. The number of ether oxygens (including phenoxy) is 3. The average molecular weight is 398 g/mol. The Balaban J connectivity index is 1.54. The third-order valence-corrected chi connectivity index (χ3v) is 4.92. The number of carbonyl (C=O) groups excluding carboxylic acids is 2. The van der Waals surface area contributed by atoms with Crippen molar-refractivity contribution in [3.63, 3.8) is 0 Å². The smallest absolute Gasteiger partial charge is 0.343 e. The van der Waals surface area contributed by atoms with Gasteiger partial charge in [0.25, 0.3) is 0 Å². The van der Waals surface area contributed by atoms with Gasteiger partial charge in [0.2, 0.25) is 0 Å². The number of carboxylic acids is 1. The summed E-state index contributed by atoms with van der Waals surface area (Å²) in [6.45, 7) is 0. The summed E-state index contributed by atoms with van der Waals surface area (Å²) < 4.78 is 15.8. The zero-order valence-corrected chi connectivity index (χ0v) is 16.0. The number of carboxylic acid groups (broad SMARTS) is 1. The number of esters is 2. The normalized spacial score (nSPS) is 18.5. The molecule has 0 heterocycles. The maximum Gasteiger partial charge on any atom is 0.343 e. The molecular formula is C22H22O7. The molecule has 1 N–H and O–H groups in total. The topological polar surface area (TPSA) is 99.1 Å². The van der Waals surface area contributed by atoms with E-state index in [1.807, 2.05) is 0 Å². The van der Waals surface area contributed by atoms with Crippen molar-refractivity contribution in [2.75, 3.05) is 7.11 Å². The molecule has 3 rings (SSSR count). The highest BCUT2D eigenvalue weighted by Gasteiger charge is 2.28. The molecule has 2 aromatic rings. The van der Waals surface area contributed by atoms with Crippen molar-refractivity contribution in [3.8, 4) is 11.5 Å². The third-order valence-electron chi connectivity index (χ3n) is 4.92. The van der Waals surface area contributed by atoms with E-state index in [0.717, 1.165) is 0 Å². The van der Waals surface area contributed by atoms with Crippen molar-refractivity contribution in [2.45, 2.75) is 31.8 Å². The number of aliphatic carboxylic acids is 1. The second-order valence-electron chi connectivity index (χ2n) is 6.86.